The Kier molecular flexibility index (Phi) is 27.4. The highest BCUT2D eigenvalue weighted by Gasteiger charge is 2.72. The molecule has 123 heavy (non-hydrogen) atoms. The molecule has 8 N–H and O–H groups in total. The number of halogens is 9. The maximum Gasteiger partial charge on any atom is 0.420 e. The van der Waals surface area contributed by atoms with E-state index in [1.54, 1.807) is 109 Å². The third kappa shape index (κ3) is 23.4. The fourth-order valence-electron chi connectivity index (χ4n) is 12.3. The zero-order chi connectivity index (χ0) is 87.6. The fourth-order valence-corrected chi connectivity index (χ4v) is 13.6. The molecule has 0 radical (unpaired) electrons. The standard InChI is InChI=1S/C28H21F6NO2.C25H21NO4S.C25H21NO2.C21H18F3NO2/c1-18-2-10-22(11-3-18)36-23-12-4-19(5-13-23)26(27(29,30)31,28(32,33)34)20-6-14-24(15-7-20)37-25-16-8-21(35)9-17-25;1-18-2-6-20(7-3-18)29-22-10-14-24(15-11-22)31(27,28)25-16-12-23(13-17-25)30-21-8-4-19(26)5-9-21;1-18-2-10-22(11-3-18)27-23-12-4-19(5-13-23)20-6-14-24(15-7-20)28-25-16-8-21(26)9-17-25;1-13-3-9-19(14(2)11-13)26-16-5-7-17(8-6-16)27-20-10-4-15(25)12-18(20)21(22,23)24/h2-17H,35H2,1H3;2-17H,26H2,1H3;2-17H,26H2,1H3;3-12H,25H2,1-2H3. The summed E-state index contributed by atoms with van der Waals surface area (Å²) in [5.74, 6) is 7.72. The van der Waals surface area contributed by atoms with E-state index in [-0.39, 0.29) is 38.5 Å². The van der Waals surface area contributed by atoms with E-state index in [1.807, 2.05) is 155 Å². The predicted molar refractivity (Wildman–Crippen MR) is 461 cm³/mol. The van der Waals surface area contributed by atoms with Crippen molar-refractivity contribution >= 4 is 32.6 Å². The van der Waals surface area contributed by atoms with E-state index in [4.69, 9.17) is 60.8 Å². The second-order valence-corrected chi connectivity index (χ2v) is 30.2. The minimum atomic E-state index is -5.70. The number of rotatable bonds is 21. The van der Waals surface area contributed by atoms with E-state index in [0.717, 1.165) is 117 Å². The van der Waals surface area contributed by atoms with Crippen LogP contribution in [0.1, 0.15) is 44.5 Å². The van der Waals surface area contributed by atoms with Gasteiger partial charge in [0.2, 0.25) is 15.3 Å². The van der Waals surface area contributed by atoms with Gasteiger partial charge in [0.05, 0.1) is 9.79 Å². The Morgan fingerprint density at radius 1 is 0.236 bits per heavy atom. The van der Waals surface area contributed by atoms with Gasteiger partial charge in [-0.2, -0.15) is 39.5 Å². The molecular formula is C99H81F9N4O10S. The molecule has 24 heteroatoms. The number of nitrogens with two attached hydrogens (primary N) is 4. The second kappa shape index (κ2) is 38.5. The Morgan fingerprint density at radius 2 is 0.455 bits per heavy atom. The maximum absolute atomic E-state index is 14.4. The average molecular weight is 1690 g/mol. The lowest BCUT2D eigenvalue weighted by Gasteiger charge is -2.38. The minimum Gasteiger partial charge on any atom is -0.457 e. The Bertz CT molecular complexity index is 5810. The summed E-state index contributed by atoms with van der Waals surface area (Å²) in [6, 6.07) is 94.7. The Morgan fingerprint density at radius 3 is 0.732 bits per heavy atom. The van der Waals surface area contributed by atoms with E-state index in [9.17, 15) is 47.9 Å². The van der Waals surface area contributed by atoms with Crippen LogP contribution in [0, 0.1) is 34.6 Å². The summed E-state index contributed by atoms with van der Waals surface area (Å²) in [5.41, 5.74) is 24.8. The van der Waals surface area contributed by atoms with Crippen LogP contribution in [0.5, 0.6) is 92.0 Å². The highest BCUT2D eigenvalue weighted by Crippen LogP contribution is 2.57. The summed E-state index contributed by atoms with van der Waals surface area (Å²) in [6.07, 6.45) is -16.0. The molecule has 0 unspecified atom stereocenters. The first-order chi connectivity index (χ1) is 58.7. The zero-order valence-corrected chi connectivity index (χ0v) is 67.5. The van der Waals surface area contributed by atoms with Gasteiger partial charge in [0.1, 0.15) is 97.6 Å². The van der Waals surface area contributed by atoms with Gasteiger partial charge < -0.3 is 60.8 Å². The van der Waals surface area contributed by atoms with Crippen molar-refractivity contribution in [2.45, 2.75) is 68.4 Å². The maximum atomic E-state index is 14.4. The summed E-state index contributed by atoms with van der Waals surface area (Å²) >= 11 is 0. The number of benzene rings is 15. The van der Waals surface area contributed by atoms with Crippen LogP contribution in [0.2, 0.25) is 0 Å². The lowest BCUT2D eigenvalue weighted by molar-refractivity contribution is -0.288. The number of sulfone groups is 1. The van der Waals surface area contributed by atoms with Crippen molar-refractivity contribution in [2.75, 3.05) is 22.9 Å². The topological polar surface area (TPSA) is 212 Å². The van der Waals surface area contributed by atoms with E-state index in [0.29, 0.717) is 57.4 Å². The van der Waals surface area contributed by atoms with Crippen LogP contribution < -0.4 is 60.8 Å². The lowest BCUT2D eigenvalue weighted by Crippen LogP contribution is -2.54. The molecule has 0 saturated heterocycles. The van der Waals surface area contributed by atoms with Crippen LogP contribution in [0.3, 0.4) is 0 Å². The monoisotopic (exact) mass is 1690 g/mol. The van der Waals surface area contributed by atoms with Crippen LogP contribution in [0.15, 0.2) is 362 Å². The number of ether oxygens (including phenoxy) is 8. The molecule has 0 aliphatic rings. The van der Waals surface area contributed by atoms with Crippen molar-refractivity contribution in [1.29, 1.82) is 0 Å². The van der Waals surface area contributed by atoms with Crippen molar-refractivity contribution in [1.82, 2.24) is 0 Å². The van der Waals surface area contributed by atoms with Crippen molar-refractivity contribution in [2.24, 2.45) is 0 Å². The molecule has 14 nitrogen and oxygen atoms in total. The largest absolute Gasteiger partial charge is 0.457 e. The van der Waals surface area contributed by atoms with Gasteiger partial charge in [-0.25, -0.2) is 8.42 Å². The molecule has 0 fully saturated rings. The van der Waals surface area contributed by atoms with E-state index in [2.05, 4.69) is 19.1 Å². The highest BCUT2D eigenvalue weighted by atomic mass is 32.2. The molecular weight excluding hydrogens is 1610 g/mol. The van der Waals surface area contributed by atoms with Crippen molar-refractivity contribution in [3.8, 4) is 103 Å². The number of anilines is 4. The molecule has 15 aromatic carbocycles. The van der Waals surface area contributed by atoms with Gasteiger partial charge >= 0.3 is 18.5 Å². The quantitative estimate of drug-likeness (QED) is 0.0389. The summed E-state index contributed by atoms with van der Waals surface area (Å²) in [4.78, 5) is 0.375. The molecule has 15 aromatic rings. The number of nitrogen functional groups attached to an aromatic ring is 4. The molecule has 0 aliphatic heterocycles. The molecule has 0 amide bonds. The first-order valence-corrected chi connectivity index (χ1v) is 39.5. The zero-order valence-electron chi connectivity index (χ0n) is 66.7. The third-order valence-corrected chi connectivity index (χ3v) is 20.6. The lowest BCUT2D eigenvalue weighted by atomic mass is 9.73. The first kappa shape index (κ1) is 87.5. The molecule has 0 heterocycles. The molecule has 0 atom stereocenters. The second-order valence-electron chi connectivity index (χ2n) is 28.2. The van der Waals surface area contributed by atoms with Gasteiger partial charge in [-0.3, -0.25) is 0 Å². The Hall–Kier alpha value is -14.8. The van der Waals surface area contributed by atoms with Crippen molar-refractivity contribution < 1.29 is 85.8 Å². The summed E-state index contributed by atoms with van der Waals surface area (Å²) < 4.78 is 197. The molecule has 0 spiro atoms. The summed E-state index contributed by atoms with van der Waals surface area (Å²) in [5, 5.41) is 0. The number of aryl methyl sites for hydroxylation is 5. The van der Waals surface area contributed by atoms with Crippen molar-refractivity contribution in [3.05, 3.63) is 396 Å². The number of hydrogen-bond donors (Lipinski definition) is 4. The molecule has 626 valence electrons. The fraction of sp³-hybridized carbons (Fsp3) is 0.0909. The van der Waals surface area contributed by atoms with Crippen LogP contribution in [-0.2, 0) is 21.4 Å². The van der Waals surface area contributed by atoms with E-state index >= 15 is 0 Å². The third-order valence-electron chi connectivity index (χ3n) is 18.8. The SMILES string of the molecule is Cc1ccc(Oc2ccc(-c3ccc(Oc4ccc(N)cc4)cc3)cc2)cc1.Cc1ccc(Oc2ccc(C(c3ccc(Oc4ccc(N)cc4)cc3)(C(F)(F)F)C(F)(F)F)cc2)cc1.Cc1ccc(Oc2ccc(Oc3ccc(N)cc3C(F)(F)F)cc2)c(C)c1.Cc1ccc(Oc2ccc(S(=O)(=O)c3ccc(Oc4ccc(N)cc4)cc3)cc2)cc1. The van der Waals surface area contributed by atoms with Gasteiger partial charge in [0.15, 0.2) is 0 Å². The Balaban J connectivity index is 0.000000151. The average Bonchev–Trinajstić information content (AvgIpc) is 0.715. The van der Waals surface area contributed by atoms with E-state index in [1.165, 1.54) is 54.1 Å². The van der Waals surface area contributed by atoms with Crippen LogP contribution >= 0.6 is 0 Å². The number of alkyl halides is 9. The minimum absolute atomic E-state index is 0.0203. The normalized spacial score (nSPS) is 11.4. The predicted octanol–water partition coefficient (Wildman–Crippen LogP) is 27.9. The van der Waals surface area contributed by atoms with Gasteiger partial charge in [-0.15, -0.1) is 0 Å². The molecule has 0 aromatic heterocycles. The van der Waals surface area contributed by atoms with Gasteiger partial charge in [0.25, 0.3) is 0 Å². The van der Waals surface area contributed by atoms with Crippen LogP contribution in [0.25, 0.3) is 11.1 Å². The molecule has 15 rings (SSSR count). The van der Waals surface area contributed by atoms with Gasteiger partial charge in [-0.1, -0.05) is 119 Å². The summed E-state index contributed by atoms with van der Waals surface area (Å²) in [6.45, 7) is 9.86. The van der Waals surface area contributed by atoms with Gasteiger partial charge in [0, 0.05) is 22.7 Å². The number of hydrogen-bond acceptors (Lipinski definition) is 14. The molecule has 0 saturated carbocycles. The Labute approximate surface area is 705 Å². The van der Waals surface area contributed by atoms with Crippen LogP contribution in [0.4, 0.5) is 62.3 Å². The molecule has 0 aliphatic carbocycles. The first-order valence-electron chi connectivity index (χ1n) is 38.0. The van der Waals surface area contributed by atoms with E-state index < -0.39 is 50.5 Å². The van der Waals surface area contributed by atoms with Crippen LogP contribution in [-0.4, -0.2) is 20.8 Å². The summed E-state index contributed by atoms with van der Waals surface area (Å²) in [7, 11) is -3.66. The smallest absolute Gasteiger partial charge is 0.420 e. The molecule has 0 bridgehead atoms. The van der Waals surface area contributed by atoms with Crippen molar-refractivity contribution in [3.63, 3.8) is 0 Å². The van der Waals surface area contributed by atoms with Gasteiger partial charge in [-0.05, 0) is 317 Å². The highest BCUT2D eigenvalue weighted by molar-refractivity contribution is 7.91.